The first kappa shape index (κ1) is 29.7. The quantitative estimate of drug-likeness (QED) is 0.236. The summed E-state index contributed by atoms with van der Waals surface area (Å²) in [5.41, 5.74) is 4.89. The third-order valence-corrected chi connectivity index (χ3v) is 7.01. The van der Waals surface area contributed by atoms with Gasteiger partial charge in [-0.3, -0.25) is 9.36 Å². The summed E-state index contributed by atoms with van der Waals surface area (Å²) in [6.07, 6.45) is 4.01. The summed E-state index contributed by atoms with van der Waals surface area (Å²) in [7, 11) is 1.53. The van der Waals surface area contributed by atoms with Gasteiger partial charge < -0.3 is 9.47 Å². The number of nitrogens with zero attached hydrogens (tertiary/aromatic N) is 5. The molecule has 0 aliphatic heterocycles. The van der Waals surface area contributed by atoms with Crippen LogP contribution in [0.1, 0.15) is 69.2 Å². The fourth-order valence-electron chi connectivity index (χ4n) is 4.63. The molecule has 0 unspecified atom stereocenters. The summed E-state index contributed by atoms with van der Waals surface area (Å²) in [6, 6.07) is 16.5. The highest BCUT2D eigenvalue weighted by Crippen LogP contribution is 2.23. The normalized spacial score (nSPS) is 11.5. The molecule has 9 nitrogen and oxygen atoms in total. The first-order valence-corrected chi connectivity index (χ1v) is 14.0. The SMILES string of the molecule is CCn1c(CCCc2ccc(-c3ncc(OC)c(COC(C)=O)n3)cc2)nn(Cc2ccc(C(C)(C)C)cc2)c1=O. The van der Waals surface area contributed by atoms with Gasteiger partial charge in [-0.15, -0.1) is 0 Å². The molecule has 0 atom stereocenters. The molecule has 0 amide bonds. The predicted molar refractivity (Wildman–Crippen MR) is 158 cm³/mol. The molecule has 2 aromatic carbocycles. The van der Waals surface area contributed by atoms with E-state index in [0.29, 0.717) is 36.8 Å². The Bertz CT molecular complexity index is 1530. The molecule has 41 heavy (non-hydrogen) atoms. The minimum atomic E-state index is -0.384. The maximum absolute atomic E-state index is 13.0. The Morgan fingerprint density at radius 3 is 2.27 bits per heavy atom. The minimum absolute atomic E-state index is 0.0220. The molecule has 4 aromatic rings. The standard InChI is InChI=1S/C32H39N5O4/c1-7-36-29(35-37(31(36)39)20-24-13-17-26(18-14-24)32(3,4)5)10-8-9-23-11-15-25(16-12-23)30-33-19-28(40-6)27(34-30)21-41-22(2)38/h11-19H,7-10,20-21H2,1-6H3. The van der Waals surface area contributed by atoms with Crippen LogP contribution < -0.4 is 10.4 Å². The third kappa shape index (κ3) is 7.48. The van der Waals surface area contributed by atoms with Gasteiger partial charge in [-0.05, 0) is 41.9 Å². The number of methoxy groups -OCH3 is 1. The second kappa shape index (κ2) is 12.9. The Labute approximate surface area is 241 Å². The van der Waals surface area contributed by atoms with Crippen LogP contribution in [0.5, 0.6) is 5.75 Å². The van der Waals surface area contributed by atoms with Gasteiger partial charge >= 0.3 is 11.7 Å². The van der Waals surface area contributed by atoms with E-state index in [-0.39, 0.29) is 23.7 Å². The number of esters is 1. The molecule has 0 N–H and O–H groups in total. The van der Waals surface area contributed by atoms with Crippen molar-refractivity contribution < 1.29 is 14.3 Å². The molecular weight excluding hydrogens is 518 g/mol. The Balaban J connectivity index is 1.39. The second-order valence-corrected chi connectivity index (χ2v) is 11.1. The van der Waals surface area contributed by atoms with E-state index in [0.717, 1.165) is 29.8 Å². The van der Waals surface area contributed by atoms with Gasteiger partial charge in [0.25, 0.3) is 0 Å². The zero-order chi connectivity index (χ0) is 29.6. The predicted octanol–water partition coefficient (Wildman–Crippen LogP) is 5.11. The van der Waals surface area contributed by atoms with Crippen molar-refractivity contribution in [3.05, 3.63) is 93.4 Å². The summed E-state index contributed by atoms with van der Waals surface area (Å²) in [4.78, 5) is 33.2. The summed E-state index contributed by atoms with van der Waals surface area (Å²) >= 11 is 0. The van der Waals surface area contributed by atoms with Gasteiger partial charge in [-0.25, -0.2) is 19.4 Å². The smallest absolute Gasteiger partial charge is 0.346 e. The Hall–Kier alpha value is -4.27. The first-order chi connectivity index (χ1) is 19.6. The van der Waals surface area contributed by atoms with Gasteiger partial charge in [-0.2, -0.15) is 5.10 Å². The van der Waals surface area contributed by atoms with Gasteiger partial charge in [0.2, 0.25) is 0 Å². The van der Waals surface area contributed by atoms with Crippen molar-refractivity contribution in [2.75, 3.05) is 7.11 Å². The number of rotatable bonds is 11. The zero-order valence-corrected chi connectivity index (χ0v) is 24.8. The lowest BCUT2D eigenvalue weighted by Crippen LogP contribution is -2.25. The van der Waals surface area contributed by atoms with E-state index in [1.165, 1.54) is 25.2 Å². The molecule has 0 aliphatic carbocycles. The van der Waals surface area contributed by atoms with Crippen LogP contribution in [0.3, 0.4) is 0 Å². The molecule has 9 heteroatoms. The van der Waals surface area contributed by atoms with E-state index < -0.39 is 0 Å². The van der Waals surface area contributed by atoms with Crippen LogP contribution in [0, 0.1) is 0 Å². The molecule has 0 fully saturated rings. The molecule has 0 radical (unpaired) electrons. The number of hydrogen-bond acceptors (Lipinski definition) is 7. The number of carbonyl (C=O) groups is 1. The number of hydrogen-bond donors (Lipinski definition) is 0. The summed E-state index contributed by atoms with van der Waals surface area (Å²) < 4.78 is 13.7. The third-order valence-electron chi connectivity index (χ3n) is 7.01. The number of ether oxygens (including phenoxy) is 2. The van der Waals surface area contributed by atoms with Crippen molar-refractivity contribution in [3.63, 3.8) is 0 Å². The zero-order valence-electron chi connectivity index (χ0n) is 24.8. The lowest BCUT2D eigenvalue weighted by molar-refractivity contribution is -0.142. The molecule has 0 spiro atoms. The molecule has 4 rings (SSSR count). The molecule has 0 aliphatic rings. The van der Waals surface area contributed by atoms with Gasteiger partial charge in [0.1, 0.15) is 18.1 Å². The summed E-state index contributed by atoms with van der Waals surface area (Å²) in [5, 5.41) is 4.69. The van der Waals surface area contributed by atoms with E-state index >= 15 is 0 Å². The van der Waals surface area contributed by atoms with Crippen molar-refractivity contribution in [2.45, 2.75) is 79.0 Å². The van der Waals surface area contributed by atoms with Crippen molar-refractivity contribution in [1.29, 1.82) is 0 Å². The van der Waals surface area contributed by atoms with Crippen LogP contribution in [-0.2, 0) is 47.5 Å². The average molecular weight is 558 g/mol. The summed E-state index contributed by atoms with van der Waals surface area (Å²) in [5.74, 6) is 1.43. The second-order valence-electron chi connectivity index (χ2n) is 11.1. The molecule has 0 saturated carbocycles. The fourth-order valence-corrected chi connectivity index (χ4v) is 4.63. The Morgan fingerprint density at radius 1 is 0.976 bits per heavy atom. The van der Waals surface area contributed by atoms with Gasteiger partial charge in [0.15, 0.2) is 11.6 Å². The molecule has 216 valence electrons. The monoisotopic (exact) mass is 557 g/mol. The fraction of sp³-hybridized carbons (Fsp3) is 0.406. The van der Waals surface area contributed by atoms with Crippen molar-refractivity contribution in [3.8, 4) is 17.1 Å². The number of aromatic nitrogens is 5. The van der Waals surface area contributed by atoms with Gasteiger partial charge in [0, 0.05) is 25.5 Å². The molecule has 2 aromatic heterocycles. The van der Waals surface area contributed by atoms with Crippen LogP contribution in [0.2, 0.25) is 0 Å². The van der Waals surface area contributed by atoms with Crippen LogP contribution in [0.15, 0.2) is 59.5 Å². The Kier molecular flexibility index (Phi) is 9.37. The van der Waals surface area contributed by atoms with E-state index in [4.69, 9.17) is 9.47 Å². The van der Waals surface area contributed by atoms with E-state index in [1.807, 2.05) is 19.1 Å². The number of aryl methyl sites for hydroxylation is 2. The maximum atomic E-state index is 13.0. The Morgan fingerprint density at radius 2 is 1.66 bits per heavy atom. The molecular formula is C32H39N5O4. The lowest BCUT2D eigenvalue weighted by atomic mass is 9.87. The van der Waals surface area contributed by atoms with Gasteiger partial charge in [0.05, 0.1) is 19.9 Å². The van der Waals surface area contributed by atoms with Crippen molar-refractivity contribution in [1.82, 2.24) is 24.3 Å². The average Bonchev–Trinajstić information content (AvgIpc) is 3.25. The van der Waals surface area contributed by atoms with Crippen LogP contribution in [0.25, 0.3) is 11.4 Å². The highest BCUT2D eigenvalue weighted by molar-refractivity contribution is 5.66. The molecule has 2 heterocycles. The topological polar surface area (TPSA) is 101 Å². The molecule has 0 saturated heterocycles. The van der Waals surface area contributed by atoms with E-state index in [2.05, 4.69) is 72.2 Å². The van der Waals surface area contributed by atoms with Crippen LogP contribution in [0.4, 0.5) is 0 Å². The van der Waals surface area contributed by atoms with Crippen molar-refractivity contribution >= 4 is 5.97 Å². The minimum Gasteiger partial charge on any atom is -0.493 e. The van der Waals surface area contributed by atoms with Crippen LogP contribution in [-0.4, -0.2) is 37.4 Å². The van der Waals surface area contributed by atoms with Crippen LogP contribution >= 0.6 is 0 Å². The highest BCUT2D eigenvalue weighted by atomic mass is 16.5. The largest absolute Gasteiger partial charge is 0.493 e. The van der Waals surface area contributed by atoms with Crippen molar-refractivity contribution in [2.24, 2.45) is 0 Å². The number of carbonyl (C=O) groups excluding carboxylic acids is 1. The maximum Gasteiger partial charge on any atom is 0.346 e. The van der Waals surface area contributed by atoms with E-state index in [9.17, 15) is 9.59 Å². The van der Waals surface area contributed by atoms with E-state index in [1.54, 1.807) is 15.4 Å². The lowest BCUT2D eigenvalue weighted by Gasteiger charge is -2.19. The first-order valence-electron chi connectivity index (χ1n) is 14.0. The van der Waals surface area contributed by atoms with Gasteiger partial charge in [-0.1, -0.05) is 69.3 Å². The molecule has 0 bridgehead atoms. The number of benzene rings is 2. The summed E-state index contributed by atoms with van der Waals surface area (Å²) in [6.45, 7) is 11.0. The highest BCUT2D eigenvalue weighted by Gasteiger charge is 2.15.